The molecule has 0 spiro atoms. The summed E-state index contributed by atoms with van der Waals surface area (Å²) in [4.78, 5) is 0. The van der Waals surface area contributed by atoms with Gasteiger partial charge in [-0.25, -0.2) is 0 Å². The van der Waals surface area contributed by atoms with Gasteiger partial charge in [0.25, 0.3) is 0 Å². The van der Waals surface area contributed by atoms with Crippen LogP contribution in [0.25, 0.3) is 5.01 Å². The van der Waals surface area contributed by atoms with E-state index < -0.39 is 0 Å². The van der Waals surface area contributed by atoms with Crippen molar-refractivity contribution >= 4 is 10.5 Å². The van der Waals surface area contributed by atoms with Gasteiger partial charge < -0.3 is 0 Å². The molecule has 2 nitrogen and oxygen atoms in total. The summed E-state index contributed by atoms with van der Waals surface area (Å²) >= 11 is 0. The molecular formula is CNOSi. The van der Waals surface area contributed by atoms with E-state index in [0.29, 0.717) is 0 Å². The van der Waals surface area contributed by atoms with E-state index in [2.05, 4.69) is 20.0 Å². The number of hydrogen-bond donors (Lipinski definition) is 0. The van der Waals surface area contributed by atoms with Crippen molar-refractivity contribution < 1.29 is 4.53 Å². The summed E-state index contributed by atoms with van der Waals surface area (Å²) in [6.07, 6.45) is 0. The quantitative estimate of drug-likeness (QED) is 0.221. The van der Waals surface area contributed by atoms with E-state index in [9.17, 15) is 0 Å². The van der Waals surface area contributed by atoms with E-state index in [1.54, 1.807) is 0 Å². The first-order valence-electron chi connectivity index (χ1n) is 0.610. The Bertz CT molecular complexity index is 37.8. The van der Waals surface area contributed by atoms with Crippen LogP contribution in [-0.4, -0.2) is 10.5 Å². The molecule has 0 aromatic rings. The molecule has 3 radical (unpaired) electrons. The summed E-state index contributed by atoms with van der Waals surface area (Å²) in [5.41, 5.74) is 0. The third kappa shape index (κ3) is 1.51. The molecule has 3 heteroatoms. The van der Waals surface area contributed by atoms with Crippen molar-refractivity contribution in [2.45, 2.75) is 0 Å². The average molecular weight is 70.1 g/mol. The lowest BCUT2D eigenvalue weighted by atomic mass is 11.8. The molecule has 0 aromatic heterocycles. The zero-order valence-electron chi connectivity index (χ0n) is 1.86. The smallest absolute Gasteiger partial charge is 0.274 e. The van der Waals surface area contributed by atoms with Gasteiger partial charge in [0.2, 0.25) is 0 Å². The first-order chi connectivity index (χ1) is 1.91. The van der Waals surface area contributed by atoms with Crippen LogP contribution in [0.4, 0.5) is 0 Å². The van der Waals surface area contributed by atoms with Gasteiger partial charge in [-0.2, -0.15) is 6.57 Å². The van der Waals surface area contributed by atoms with Gasteiger partial charge in [-0.05, 0) is 0 Å². The van der Waals surface area contributed by atoms with Crippen LogP contribution in [0.5, 0.6) is 0 Å². The summed E-state index contributed by atoms with van der Waals surface area (Å²) in [7, 11) is 2.43. The fraction of sp³-hybridized carbons (Fsp3) is 0. The molecule has 0 fully saturated rings. The second-order valence-electron chi connectivity index (χ2n) is 0.183. The van der Waals surface area contributed by atoms with Gasteiger partial charge in [0.15, 0.2) is 0 Å². The van der Waals surface area contributed by atoms with E-state index in [1.807, 2.05) is 0 Å². The maximum Gasteiger partial charge on any atom is 0.481 e. The van der Waals surface area contributed by atoms with Crippen molar-refractivity contribution in [1.29, 1.82) is 0 Å². The Hall–Kier alpha value is -0.493. The van der Waals surface area contributed by atoms with E-state index >= 15 is 0 Å². The van der Waals surface area contributed by atoms with Gasteiger partial charge in [0, 0.05) is 0 Å². The Morgan fingerprint density at radius 3 is 2.25 bits per heavy atom. The molecule has 4 heavy (non-hydrogen) atoms. The lowest BCUT2D eigenvalue weighted by Gasteiger charge is -1.56. The molecule has 0 aromatic carbocycles. The highest BCUT2D eigenvalue weighted by Crippen LogP contribution is 1.50. The van der Waals surface area contributed by atoms with Gasteiger partial charge in [-0.3, -0.25) is 4.53 Å². The monoisotopic (exact) mass is 70.0 g/mol. The molecule has 0 aliphatic rings. The molecule has 0 amide bonds. The highest BCUT2D eigenvalue weighted by molar-refractivity contribution is 5.98. The van der Waals surface area contributed by atoms with E-state index in [4.69, 9.17) is 6.57 Å². The average Bonchev–Trinajstić information content (AvgIpc) is 1.37. The minimum atomic E-state index is 2.40. The van der Waals surface area contributed by atoms with Crippen molar-refractivity contribution in [2.24, 2.45) is 0 Å². The lowest BCUT2D eigenvalue weighted by molar-refractivity contribution is 0.525. The van der Waals surface area contributed by atoms with Crippen LogP contribution in [0.15, 0.2) is 0 Å². The SMILES string of the molecule is [C-]#[N+]O[Si]. The number of rotatable bonds is 0. The summed E-state index contributed by atoms with van der Waals surface area (Å²) in [5.74, 6) is 0. The Balaban J connectivity index is 2.43. The number of hydrogen-bond acceptors (Lipinski definition) is 1. The van der Waals surface area contributed by atoms with Crippen molar-refractivity contribution in [3.8, 4) is 0 Å². The van der Waals surface area contributed by atoms with Gasteiger partial charge in [-0.15, -0.1) is 0 Å². The topological polar surface area (TPSA) is 13.6 Å². The van der Waals surface area contributed by atoms with E-state index in [1.165, 1.54) is 0 Å². The molecule has 0 saturated heterocycles. The predicted molar refractivity (Wildman–Crippen MR) is 13.4 cm³/mol. The molecule has 0 bridgehead atoms. The lowest BCUT2D eigenvalue weighted by Crippen LogP contribution is -1.54. The van der Waals surface area contributed by atoms with Crippen LogP contribution < -0.4 is 0 Å². The zero-order chi connectivity index (χ0) is 3.41. The van der Waals surface area contributed by atoms with Crippen molar-refractivity contribution in [3.05, 3.63) is 11.6 Å². The van der Waals surface area contributed by atoms with Gasteiger partial charge >= 0.3 is 10.5 Å². The van der Waals surface area contributed by atoms with E-state index in [0.717, 1.165) is 0 Å². The van der Waals surface area contributed by atoms with Crippen LogP contribution in [0.2, 0.25) is 0 Å². The van der Waals surface area contributed by atoms with Crippen molar-refractivity contribution in [1.82, 2.24) is 0 Å². The first kappa shape index (κ1) is 3.51. The molecule has 0 N–H and O–H groups in total. The van der Waals surface area contributed by atoms with Gasteiger partial charge in [-0.1, -0.05) is 5.01 Å². The second kappa shape index (κ2) is 2.51. The third-order valence-corrected chi connectivity index (χ3v) is 0.137. The number of nitrogens with zero attached hydrogens (tertiary/aromatic N) is 1. The molecular weight excluding hydrogens is 70.1 g/mol. The molecule has 0 atom stereocenters. The third-order valence-electron chi connectivity index (χ3n) is 0.0456. The summed E-state index contributed by atoms with van der Waals surface area (Å²) in [6.45, 7) is 5.81. The normalized spacial score (nSPS) is 4.00. The Morgan fingerprint density at radius 1 is 2.00 bits per heavy atom. The van der Waals surface area contributed by atoms with Crippen LogP contribution in [0.3, 0.4) is 0 Å². The van der Waals surface area contributed by atoms with Gasteiger partial charge in [0.05, 0.1) is 0 Å². The van der Waals surface area contributed by atoms with Gasteiger partial charge in [0.1, 0.15) is 0 Å². The minimum Gasteiger partial charge on any atom is -0.274 e. The van der Waals surface area contributed by atoms with Crippen molar-refractivity contribution in [3.63, 3.8) is 0 Å². The Morgan fingerprint density at radius 2 is 2.25 bits per heavy atom. The summed E-state index contributed by atoms with van der Waals surface area (Å²) in [6, 6.07) is 0. The predicted octanol–water partition coefficient (Wildman–Crippen LogP) is -0.0792. The Labute approximate surface area is 27.7 Å². The molecule has 0 heterocycles. The van der Waals surface area contributed by atoms with Crippen LogP contribution in [-0.2, 0) is 4.53 Å². The molecule has 0 aliphatic carbocycles. The van der Waals surface area contributed by atoms with Crippen LogP contribution in [0.1, 0.15) is 0 Å². The molecule has 0 aliphatic heterocycles. The maximum atomic E-state index is 5.81. The molecule has 0 rings (SSSR count). The Kier molecular flexibility index (Phi) is 2.20. The second-order valence-corrected chi connectivity index (χ2v) is 0.365. The van der Waals surface area contributed by atoms with Crippen molar-refractivity contribution in [2.75, 3.05) is 0 Å². The van der Waals surface area contributed by atoms with E-state index in [-0.39, 0.29) is 0 Å². The largest absolute Gasteiger partial charge is 0.481 e. The van der Waals surface area contributed by atoms with Crippen LogP contribution in [0, 0.1) is 6.57 Å². The zero-order valence-corrected chi connectivity index (χ0v) is 2.86. The molecule has 19 valence electrons. The van der Waals surface area contributed by atoms with Crippen LogP contribution >= 0.6 is 0 Å². The summed E-state index contributed by atoms with van der Waals surface area (Å²) < 4.78 is 3.64. The fourth-order valence-electron chi connectivity index (χ4n) is 0. The highest BCUT2D eigenvalue weighted by atomic mass is 28.2. The summed E-state index contributed by atoms with van der Waals surface area (Å²) in [5, 5.41) is 2.40. The highest BCUT2D eigenvalue weighted by Gasteiger charge is 1.48. The molecule has 0 unspecified atom stereocenters. The maximum absolute atomic E-state index is 5.81. The standard InChI is InChI=1S/CNOSi/c1-2-3-4. The molecule has 0 saturated carbocycles. The first-order valence-corrected chi connectivity index (χ1v) is 1.02. The minimum absolute atomic E-state index is 2.40. The fourth-order valence-corrected chi connectivity index (χ4v) is 0.